The van der Waals surface area contributed by atoms with E-state index >= 15 is 0 Å². The van der Waals surface area contributed by atoms with E-state index in [9.17, 15) is 0 Å². The molecule has 0 aliphatic carbocycles. The maximum absolute atomic E-state index is 4.53. The maximum atomic E-state index is 4.53. The van der Waals surface area contributed by atoms with Crippen LogP contribution in [-0.2, 0) is 0 Å². The largest absolute Gasteiger partial charge is 0.303 e. The average molecular weight is 215 g/mol. The van der Waals surface area contributed by atoms with Gasteiger partial charge < -0.3 is 4.90 Å². The van der Waals surface area contributed by atoms with Gasteiger partial charge in [0.15, 0.2) is 0 Å². The van der Waals surface area contributed by atoms with Gasteiger partial charge in [0.25, 0.3) is 0 Å². The average Bonchev–Trinajstić information content (AvgIpc) is 2.28. The van der Waals surface area contributed by atoms with Gasteiger partial charge in [-0.25, -0.2) is 0 Å². The summed E-state index contributed by atoms with van der Waals surface area (Å²) >= 11 is 4.53. The Balaban J connectivity index is 2.44. The second kappa shape index (κ2) is 6.02. The third-order valence-electron chi connectivity index (χ3n) is 3.84. The molecule has 14 heavy (non-hydrogen) atoms. The topological polar surface area (TPSA) is 3.24 Å². The number of thiol groups is 1. The molecule has 0 unspecified atom stereocenters. The fourth-order valence-electron chi connectivity index (χ4n) is 2.34. The van der Waals surface area contributed by atoms with Gasteiger partial charge in [0.2, 0.25) is 0 Å². The van der Waals surface area contributed by atoms with Crippen LogP contribution in [0.4, 0.5) is 0 Å². The Kier molecular flexibility index (Phi) is 5.32. The Morgan fingerprint density at radius 1 is 1.07 bits per heavy atom. The second-order valence-electron chi connectivity index (χ2n) is 4.70. The van der Waals surface area contributed by atoms with Crippen LogP contribution >= 0.6 is 12.6 Å². The SMILES string of the molecule is CCC(CC)(CS)CN1CCCCC1. The Bertz CT molecular complexity index is 140. The van der Waals surface area contributed by atoms with Gasteiger partial charge in [0.1, 0.15) is 0 Å². The van der Waals surface area contributed by atoms with Gasteiger partial charge in [-0.05, 0) is 49.9 Å². The first-order valence-electron chi connectivity index (χ1n) is 6.09. The zero-order valence-corrected chi connectivity index (χ0v) is 10.7. The van der Waals surface area contributed by atoms with Crippen LogP contribution in [0.25, 0.3) is 0 Å². The lowest BCUT2D eigenvalue weighted by Crippen LogP contribution is -2.41. The summed E-state index contributed by atoms with van der Waals surface area (Å²) in [5.41, 5.74) is 0.473. The summed E-state index contributed by atoms with van der Waals surface area (Å²) in [6, 6.07) is 0. The van der Waals surface area contributed by atoms with E-state index in [0.717, 1.165) is 5.75 Å². The molecule has 0 radical (unpaired) electrons. The summed E-state index contributed by atoms with van der Waals surface area (Å²) in [6.07, 6.45) is 6.77. The minimum absolute atomic E-state index is 0.473. The molecule has 1 rings (SSSR count). The molecule has 0 bridgehead atoms. The van der Waals surface area contributed by atoms with Gasteiger partial charge in [-0.2, -0.15) is 12.6 Å². The number of piperidine rings is 1. The van der Waals surface area contributed by atoms with Gasteiger partial charge >= 0.3 is 0 Å². The first-order valence-corrected chi connectivity index (χ1v) is 6.73. The van der Waals surface area contributed by atoms with Crippen LogP contribution in [-0.4, -0.2) is 30.3 Å². The predicted molar refractivity (Wildman–Crippen MR) is 67.2 cm³/mol. The van der Waals surface area contributed by atoms with E-state index in [4.69, 9.17) is 0 Å². The Hall–Kier alpha value is 0.310. The molecule has 1 fully saturated rings. The predicted octanol–water partition coefficient (Wildman–Crippen LogP) is 3.21. The highest BCUT2D eigenvalue weighted by atomic mass is 32.1. The number of rotatable bonds is 5. The number of likely N-dealkylation sites (tertiary alicyclic amines) is 1. The van der Waals surface area contributed by atoms with Crippen molar-refractivity contribution in [1.29, 1.82) is 0 Å². The van der Waals surface area contributed by atoms with E-state index in [1.807, 2.05) is 0 Å². The van der Waals surface area contributed by atoms with Crippen LogP contribution in [0, 0.1) is 5.41 Å². The summed E-state index contributed by atoms with van der Waals surface area (Å²) in [6.45, 7) is 8.52. The van der Waals surface area contributed by atoms with Crippen LogP contribution in [0.1, 0.15) is 46.0 Å². The summed E-state index contributed by atoms with van der Waals surface area (Å²) in [5, 5.41) is 0. The lowest BCUT2D eigenvalue weighted by atomic mass is 9.83. The Morgan fingerprint density at radius 2 is 1.64 bits per heavy atom. The van der Waals surface area contributed by atoms with E-state index in [2.05, 4.69) is 31.4 Å². The highest BCUT2D eigenvalue weighted by Gasteiger charge is 2.27. The molecule has 0 aromatic carbocycles. The van der Waals surface area contributed by atoms with Crippen molar-refractivity contribution in [2.24, 2.45) is 5.41 Å². The lowest BCUT2D eigenvalue weighted by molar-refractivity contribution is 0.137. The molecule has 1 aliphatic rings. The van der Waals surface area contributed by atoms with Crippen LogP contribution < -0.4 is 0 Å². The Labute approximate surface area is 94.7 Å². The monoisotopic (exact) mass is 215 g/mol. The quantitative estimate of drug-likeness (QED) is 0.689. The van der Waals surface area contributed by atoms with Crippen molar-refractivity contribution in [1.82, 2.24) is 4.90 Å². The van der Waals surface area contributed by atoms with Crippen molar-refractivity contribution >= 4 is 12.6 Å². The van der Waals surface area contributed by atoms with Crippen LogP contribution in [0.2, 0.25) is 0 Å². The molecule has 0 aromatic heterocycles. The molecule has 0 amide bonds. The molecule has 2 heteroatoms. The van der Waals surface area contributed by atoms with Crippen molar-refractivity contribution in [3.05, 3.63) is 0 Å². The summed E-state index contributed by atoms with van der Waals surface area (Å²) in [4.78, 5) is 2.65. The molecule has 84 valence electrons. The normalized spacial score (nSPS) is 19.9. The van der Waals surface area contributed by atoms with Gasteiger partial charge in [-0.1, -0.05) is 20.3 Å². The van der Waals surface area contributed by atoms with E-state index in [1.165, 1.54) is 51.7 Å². The van der Waals surface area contributed by atoms with Crippen molar-refractivity contribution in [2.75, 3.05) is 25.4 Å². The summed E-state index contributed by atoms with van der Waals surface area (Å²) in [7, 11) is 0. The fraction of sp³-hybridized carbons (Fsp3) is 1.00. The van der Waals surface area contributed by atoms with Gasteiger partial charge in [-0.15, -0.1) is 0 Å². The number of hydrogen-bond donors (Lipinski definition) is 1. The molecule has 0 aromatic rings. The molecule has 0 N–H and O–H groups in total. The zero-order valence-electron chi connectivity index (χ0n) is 9.76. The second-order valence-corrected chi connectivity index (χ2v) is 5.02. The van der Waals surface area contributed by atoms with Crippen molar-refractivity contribution in [3.63, 3.8) is 0 Å². The summed E-state index contributed by atoms with van der Waals surface area (Å²) in [5.74, 6) is 1.04. The molecular weight excluding hydrogens is 190 g/mol. The lowest BCUT2D eigenvalue weighted by Gasteiger charge is -2.38. The maximum Gasteiger partial charge on any atom is 0.00456 e. The number of hydrogen-bond acceptors (Lipinski definition) is 2. The number of nitrogens with zero attached hydrogens (tertiary/aromatic N) is 1. The molecular formula is C12H25NS. The van der Waals surface area contributed by atoms with Gasteiger partial charge in [0, 0.05) is 6.54 Å². The molecule has 1 saturated heterocycles. The molecule has 1 aliphatic heterocycles. The minimum atomic E-state index is 0.473. The third kappa shape index (κ3) is 3.16. The van der Waals surface area contributed by atoms with Crippen molar-refractivity contribution < 1.29 is 0 Å². The molecule has 1 nitrogen and oxygen atoms in total. The molecule has 0 atom stereocenters. The third-order valence-corrected chi connectivity index (χ3v) is 4.51. The fourth-order valence-corrected chi connectivity index (χ4v) is 2.89. The highest BCUT2D eigenvalue weighted by Crippen LogP contribution is 2.29. The Morgan fingerprint density at radius 3 is 2.07 bits per heavy atom. The smallest absolute Gasteiger partial charge is 0.00456 e. The first-order chi connectivity index (χ1) is 6.76. The van der Waals surface area contributed by atoms with Crippen LogP contribution in [0.3, 0.4) is 0 Å². The highest BCUT2D eigenvalue weighted by molar-refractivity contribution is 7.80. The van der Waals surface area contributed by atoms with Crippen molar-refractivity contribution in [3.8, 4) is 0 Å². The molecule has 0 saturated carbocycles. The first kappa shape index (κ1) is 12.4. The van der Waals surface area contributed by atoms with Crippen LogP contribution in [0.5, 0.6) is 0 Å². The van der Waals surface area contributed by atoms with Gasteiger partial charge in [0.05, 0.1) is 0 Å². The van der Waals surface area contributed by atoms with E-state index in [-0.39, 0.29) is 0 Å². The summed E-state index contributed by atoms with van der Waals surface area (Å²) < 4.78 is 0. The minimum Gasteiger partial charge on any atom is -0.303 e. The molecule has 1 heterocycles. The molecule has 0 spiro atoms. The zero-order chi connectivity index (χ0) is 10.4. The standard InChI is InChI=1S/C12H25NS/c1-3-12(4-2,11-14)10-13-8-6-5-7-9-13/h14H,3-11H2,1-2H3. The van der Waals surface area contributed by atoms with Crippen molar-refractivity contribution in [2.45, 2.75) is 46.0 Å². The van der Waals surface area contributed by atoms with E-state index in [0.29, 0.717) is 5.41 Å². The van der Waals surface area contributed by atoms with E-state index in [1.54, 1.807) is 0 Å². The van der Waals surface area contributed by atoms with E-state index < -0.39 is 0 Å². The van der Waals surface area contributed by atoms with Gasteiger partial charge in [-0.3, -0.25) is 0 Å². The van der Waals surface area contributed by atoms with Crippen LogP contribution in [0.15, 0.2) is 0 Å².